The number of likely N-dealkylation sites (N-methyl/N-ethyl adjacent to an activating group) is 1. The first-order chi connectivity index (χ1) is 6.51. The Morgan fingerprint density at radius 2 is 1.71 bits per heavy atom. The lowest BCUT2D eigenvalue weighted by Crippen LogP contribution is -2.42. The molecule has 2 N–H and O–H groups in total. The molecule has 2 atom stereocenters. The van der Waals surface area contributed by atoms with E-state index in [0.717, 1.165) is 19.5 Å². The minimum atomic E-state index is 0.337. The Kier molecular flexibility index (Phi) is 7.20. The molecule has 0 spiro atoms. The van der Waals surface area contributed by atoms with Crippen LogP contribution in [0, 0.1) is 5.92 Å². The van der Waals surface area contributed by atoms with Gasteiger partial charge in [-0.05, 0) is 32.2 Å². The SMILES string of the molecule is CCC(C)N(CC)CC(N)CC(C)C. The topological polar surface area (TPSA) is 29.3 Å². The summed E-state index contributed by atoms with van der Waals surface area (Å²) in [6.07, 6.45) is 2.34. The van der Waals surface area contributed by atoms with Gasteiger partial charge in [-0.15, -0.1) is 0 Å². The average Bonchev–Trinajstić information content (AvgIpc) is 2.11. The summed E-state index contributed by atoms with van der Waals surface area (Å²) in [7, 11) is 0. The molecule has 0 rings (SSSR count). The van der Waals surface area contributed by atoms with Crippen LogP contribution in [0.1, 0.15) is 47.5 Å². The van der Waals surface area contributed by atoms with Crippen LogP contribution in [-0.2, 0) is 0 Å². The highest BCUT2D eigenvalue weighted by atomic mass is 15.2. The Morgan fingerprint density at radius 3 is 2.07 bits per heavy atom. The van der Waals surface area contributed by atoms with Gasteiger partial charge in [0.05, 0.1) is 0 Å². The molecule has 2 unspecified atom stereocenters. The van der Waals surface area contributed by atoms with Gasteiger partial charge in [0.1, 0.15) is 0 Å². The van der Waals surface area contributed by atoms with Crippen LogP contribution in [-0.4, -0.2) is 30.1 Å². The monoisotopic (exact) mass is 200 g/mol. The predicted octanol–water partition coefficient (Wildman–Crippen LogP) is 2.48. The van der Waals surface area contributed by atoms with Crippen LogP contribution in [0.15, 0.2) is 0 Å². The quantitative estimate of drug-likeness (QED) is 0.684. The largest absolute Gasteiger partial charge is 0.327 e. The standard InChI is InChI=1S/C12H28N2/c1-6-11(5)14(7-2)9-12(13)8-10(3)4/h10-12H,6-9,13H2,1-5H3. The maximum Gasteiger partial charge on any atom is 0.0170 e. The second kappa shape index (κ2) is 7.24. The minimum absolute atomic E-state index is 0.337. The van der Waals surface area contributed by atoms with Gasteiger partial charge < -0.3 is 5.73 Å². The smallest absolute Gasteiger partial charge is 0.0170 e. The van der Waals surface area contributed by atoms with E-state index >= 15 is 0 Å². The van der Waals surface area contributed by atoms with Crippen LogP contribution in [0.3, 0.4) is 0 Å². The van der Waals surface area contributed by atoms with Crippen molar-refractivity contribution in [3.63, 3.8) is 0 Å². The third-order valence-corrected chi connectivity index (χ3v) is 2.86. The first-order valence-corrected chi connectivity index (χ1v) is 6.00. The molecule has 2 heteroatoms. The Hall–Kier alpha value is -0.0800. The molecule has 0 aliphatic heterocycles. The molecular formula is C12H28N2. The Bertz CT molecular complexity index is 134. The maximum atomic E-state index is 6.10. The van der Waals surface area contributed by atoms with Gasteiger partial charge in [-0.2, -0.15) is 0 Å². The first kappa shape index (κ1) is 13.9. The van der Waals surface area contributed by atoms with Crippen molar-refractivity contribution < 1.29 is 0 Å². The molecule has 14 heavy (non-hydrogen) atoms. The molecule has 2 nitrogen and oxygen atoms in total. The van der Waals surface area contributed by atoms with E-state index in [2.05, 4.69) is 39.5 Å². The summed E-state index contributed by atoms with van der Waals surface area (Å²) in [5.41, 5.74) is 6.10. The third-order valence-electron chi connectivity index (χ3n) is 2.86. The van der Waals surface area contributed by atoms with Crippen molar-refractivity contribution in [3.8, 4) is 0 Å². The van der Waals surface area contributed by atoms with E-state index in [1.807, 2.05) is 0 Å². The van der Waals surface area contributed by atoms with Crippen molar-refractivity contribution in [1.29, 1.82) is 0 Å². The van der Waals surface area contributed by atoms with E-state index < -0.39 is 0 Å². The molecule has 0 aromatic rings. The summed E-state index contributed by atoms with van der Waals surface area (Å²) in [5, 5.41) is 0. The van der Waals surface area contributed by atoms with Gasteiger partial charge in [-0.3, -0.25) is 4.90 Å². The lowest BCUT2D eigenvalue weighted by atomic mass is 10.0. The first-order valence-electron chi connectivity index (χ1n) is 6.00. The Balaban J connectivity index is 3.91. The fraction of sp³-hybridized carbons (Fsp3) is 1.00. The number of hydrogen-bond donors (Lipinski definition) is 1. The number of nitrogens with two attached hydrogens (primary N) is 1. The average molecular weight is 200 g/mol. The molecule has 0 heterocycles. The summed E-state index contributed by atoms with van der Waals surface area (Å²) in [6.45, 7) is 13.4. The van der Waals surface area contributed by atoms with Gasteiger partial charge in [-0.25, -0.2) is 0 Å². The molecule has 0 aromatic carbocycles. The van der Waals surface area contributed by atoms with Crippen molar-refractivity contribution in [2.24, 2.45) is 11.7 Å². The molecule has 0 saturated heterocycles. The molecule has 0 aromatic heterocycles. The van der Waals surface area contributed by atoms with Crippen molar-refractivity contribution in [2.45, 2.75) is 59.5 Å². The van der Waals surface area contributed by atoms with Crippen LogP contribution >= 0.6 is 0 Å². The van der Waals surface area contributed by atoms with Gasteiger partial charge in [0.2, 0.25) is 0 Å². The summed E-state index contributed by atoms with van der Waals surface area (Å²) in [4.78, 5) is 2.48. The minimum Gasteiger partial charge on any atom is -0.327 e. The molecule has 0 aliphatic rings. The van der Waals surface area contributed by atoms with Crippen LogP contribution in [0.2, 0.25) is 0 Å². The zero-order valence-corrected chi connectivity index (χ0v) is 10.6. The summed E-state index contributed by atoms with van der Waals surface area (Å²) in [5.74, 6) is 0.709. The lowest BCUT2D eigenvalue weighted by Gasteiger charge is -2.30. The second-order valence-electron chi connectivity index (χ2n) is 4.73. The molecule has 0 aliphatic carbocycles. The van der Waals surface area contributed by atoms with E-state index in [4.69, 9.17) is 5.73 Å². The van der Waals surface area contributed by atoms with Gasteiger partial charge in [0.15, 0.2) is 0 Å². The fourth-order valence-electron chi connectivity index (χ4n) is 1.86. The van der Waals surface area contributed by atoms with Crippen molar-refractivity contribution in [3.05, 3.63) is 0 Å². The third kappa shape index (κ3) is 5.61. The molecular weight excluding hydrogens is 172 g/mol. The predicted molar refractivity (Wildman–Crippen MR) is 64.4 cm³/mol. The highest BCUT2D eigenvalue weighted by Gasteiger charge is 2.14. The van der Waals surface area contributed by atoms with Crippen LogP contribution in [0.4, 0.5) is 0 Å². The van der Waals surface area contributed by atoms with E-state index in [1.165, 1.54) is 6.42 Å². The zero-order chi connectivity index (χ0) is 11.1. The normalized spacial score (nSPS) is 16.3. The van der Waals surface area contributed by atoms with Crippen molar-refractivity contribution in [1.82, 2.24) is 4.90 Å². The molecule has 0 fully saturated rings. The van der Waals surface area contributed by atoms with Gasteiger partial charge in [0, 0.05) is 18.6 Å². The van der Waals surface area contributed by atoms with E-state index in [0.29, 0.717) is 18.0 Å². The van der Waals surface area contributed by atoms with Crippen molar-refractivity contribution >= 4 is 0 Å². The Labute approximate surface area is 89.9 Å². The summed E-state index contributed by atoms with van der Waals surface area (Å²) in [6, 6.07) is 1.00. The van der Waals surface area contributed by atoms with E-state index in [9.17, 15) is 0 Å². The number of rotatable bonds is 7. The van der Waals surface area contributed by atoms with Crippen LogP contribution in [0.25, 0.3) is 0 Å². The highest BCUT2D eigenvalue weighted by Crippen LogP contribution is 2.08. The summed E-state index contributed by atoms with van der Waals surface area (Å²) < 4.78 is 0. The fourth-order valence-corrected chi connectivity index (χ4v) is 1.86. The zero-order valence-electron chi connectivity index (χ0n) is 10.6. The summed E-state index contributed by atoms with van der Waals surface area (Å²) >= 11 is 0. The molecule has 0 amide bonds. The number of hydrogen-bond acceptors (Lipinski definition) is 2. The van der Waals surface area contributed by atoms with Gasteiger partial charge >= 0.3 is 0 Å². The maximum absolute atomic E-state index is 6.10. The van der Waals surface area contributed by atoms with Gasteiger partial charge in [-0.1, -0.05) is 27.7 Å². The van der Waals surface area contributed by atoms with Crippen molar-refractivity contribution in [2.75, 3.05) is 13.1 Å². The second-order valence-corrected chi connectivity index (χ2v) is 4.73. The molecule has 0 bridgehead atoms. The van der Waals surface area contributed by atoms with E-state index in [1.54, 1.807) is 0 Å². The van der Waals surface area contributed by atoms with E-state index in [-0.39, 0.29) is 0 Å². The van der Waals surface area contributed by atoms with Gasteiger partial charge in [0.25, 0.3) is 0 Å². The number of nitrogens with zero attached hydrogens (tertiary/aromatic N) is 1. The lowest BCUT2D eigenvalue weighted by molar-refractivity contribution is 0.195. The van der Waals surface area contributed by atoms with Crippen LogP contribution in [0.5, 0.6) is 0 Å². The van der Waals surface area contributed by atoms with Crippen LogP contribution < -0.4 is 5.73 Å². The Morgan fingerprint density at radius 1 is 1.14 bits per heavy atom. The molecule has 86 valence electrons. The highest BCUT2D eigenvalue weighted by molar-refractivity contribution is 4.72. The molecule has 0 saturated carbocycles. The molecule has 0 radical (unpaired) electrons.